The minimum atomic E-state index is 0.555. The van der Waals surface area contributed by atoms with Crippen molar-refractivity contribution in [1.82, 2.24) is 0 Å². The number of rotatable bonds is 3. The molecule has 1 nitrogen and oxygen atoms in total. The molecule has 2 aromatic carbocycles. The molecule has 0 aliphatic rings. The second kappa shape index (κ2) is 5.83. The SMILES string of the molecule is CC(C)c1ccc(C=Nc2ccccc2Cl)cc1. The molecule has 0 aromatic heterocycles. The van der Waals surface area contributed by atoms with Crippen LogP contribution in [-0.4, -0.2) is 6.21 Å². The van der Waals surface area contributed by atoms with E-state index < -0.39 is 0 Å². The highest BCUT2D eigenvalue weighted by molar-refractivity contribution is 6.33. The Hall–Kier alpha value is -1.60. The number of halogens is 1. The predicted octanol–water partition coefficient (Wildman–Crippen LogP) is 5.21. The van der Waals surface area contributed by atoms with E-state index >= 15 is 0 Å². The van der Waals surface area contributed by atoms with Crippen LogP contribution in [0.3, 0.4) is 0 Å². The van der Waals surface area contributed by atoms with E-state index in [2.05, 4.69) is 43.1 Å². The van der Waals surface area contributed by atoms with Gasteiger partial charge in [0.15, 0.2) is 0 Å². The number of aliphatic imine (C=N–C) groups is 1. The Morgan fingerprint density at radius 3 is 2.28 bits per heavy atom. The van der Waals surface area contributed by atoms with Gasteiger partial charge >= 0.3 is 0 Å². The highest BCUT2D eigenvalue weighted by Gasteiger charge is 1.98. The van der Waals surface area contributed by atoms with Gasteiger partial charge in [-0.25, -0.2) is 0 Å². The summed E-state index contributed by atoms with van der Waals surface area (Å²) in [6.45, 7) is 4.37. The van der Waals surface area contributed by atoms with Crippen molar-refractivity contribution < 1.29 is 0 Å². The number of hydrogen-bond donors (Lipinski definition) is 0. The maximum absolute atomic E-state index is 6.04. The molecule has 0 fully saturated rings. The van der Waals surface area contributed by atoms with Gasteiger partial charge in [-0.1, -0.05) is 61.8 Å². The summed E-state index contributed by atoms with van der Waals surface area (Å²) in [6, 6.07) is 16.0. The van der Waals surface area contributed by atoms with Crippen LogP contribution in [0.1, 0.15) is 30.9 Å². The minimum Gasteiger partial charge on any atom is -0.255 e. The maximum Gasteiger partial charge on any atom is 0.0816 e. The van der Waals surface area contributed by atoms with Crippen molar-refractivity contribution in [3.8, 4) is 0 Å². The van der Waals surface area contributed by atoms with Gasteiger partial charge < -0.3 is 0 Å². The summed E-state index contributed by atoms with van der Waals surface area (Å²) >= 11 is 6.04. The first kappa shape index (κ1) is 12.8. The summed E-state index contributed by atoms with van der Waals surface area (Å²) in [5, 5.41) is 0.674. The van der Waals surface area contributed by atoms with Gasteiger partial charge in [0, 0.05) is 6.21 Å². The first-order chi connectivity index (χ1) is 8.66. The third-order valence-electron chi connectivity index (χ3n) is 2.81. The van der Waals surface area contributed by atoms with Gasteiger partial charge in [-0.3, -0.25) is 4.99 Å². The molecular weight excluding hydrogens is 242 g/mol. The van der Waals surface area contributed by atoms with Gasteiger partial charge in [-0.2, -0.15) is 0 Å². The van der Waals surface area contributed by atoms with Crippen molar-refractivity contribution in [2.24, 2.45) is 4.99 Å². The van der Waals surface area contributed by atoms with Crippen LogP contribution >= 0.6 is 11.6 Å². The molecule has 0 bridgehead atoms. The average Bonchev–Trinajstić information content (AvgIpc) is 2.38. The number of nitrogens with zero attached hydrogens (tertiary/aromatic N) is 1. The van der Waals surface area contributed by atoms with E-state index in [0.717, 1.165) is 11.3 Å². The van der Waals surface area contributed by atoms with Gasteiger partial charge in [-0.15, -0.1) is 0 Å². The molecule has 18 heavy (non-hydrogen) atoms. The summed E-state index contributed by atoms with van der Waals surface area (Å²) in [6.07, 6.45) is 1.84. The molecule has 0 spiro atoms. The fourth-order valence-electron chi connectivity index (χ4n) is 1.67. The van der Waals surface area contributed by atoms with Crippen LogP contribution in [-0.2, 0) is 0 Å². The second-order valence-electron chi connectivity index (χ2n) is 4.53. The summed E-state index contributed by atoms with van der Waals surface area (Å²) in [5.41, 5.74) is 3.22. The number of benzene rings is 2. The summed E-state index contributed by atoms with van der Waals surface area (Å²) in [5.74, 6) is 0.555. The maximum atomic E-state index is 6.04. The molecule has 0 saturated carbocycles. The fraction of sp³-hybridized carbons (Fsp3) is 0.188. The second-order valence-corrected chi connectivity index (χ2v) is 4.94. The Labute approximate surface area is 113 Å². The molecule has 92 valence electrons. The molecule has 0 aliphatic heterocycles. The molecule has 0 unspecified atom stereocenters. The minimum absolute atomic E-state index is 0.555. The lowest BCUT2D eigenvalue weighted by Crippen LogP contribution is -1.88. The Bertz CT molecular complexity index is 541. The lowest BCUT2D eigenvalue weighted by atomic mass is 10.0. The van der Waals surface area contributed by atoms with Crippen LogP contribution in [0.15, 0.2) is 53.5 Å². The van der Waals surface area contributed by atoms with Crippen LogP contribution in [0, 0.1) is 0 Å². The average molecular weight is 258 g/mol. The van der Waals surface area contributed by atoms with Gasteiger partial charge in [0.1, 0.15) is 0 Å². The normalized spacial score (nSPS) is 11.3. The molecule has 0 saturated heterocycles. The van der Waals surface area contributed by atoms with E-state index in [0.29, 0.717) is 10.9 Å². The Kier molecular flexibility index (Phi) is 4.16. The standard InChI is InChI=1S/C16H16ClN/c1-12(2)14-9-7-13(8-10-14)11-18-16-6-4-3-5-15(16)17/h3-12H,1-2H3. The van der Waals surface area contributed by atoms with Gasteiger partial charge in [0.25, 0.3) is 0 Å². The zero-order valence-corrected chi connectivity index (χ0v) is 11.4. The molecule has 0 aliphatic carbocycles. The van der Waals surface area contributed by atoms with Crippen LogP contribution in [0.4, 0.5) is 5.69 Å². The van der Waals surface area contributed by atoms with E-state index in [1.54, 1.807) is 0 Å². The molecule has 2 heteroatoms. The van der Waals surface area contributed by atoms with Crippen LogP contribution in [0.2, 0.25) is 5.02 Å². The highest BCUT2D eigenvalue weighted by atomic mass is 35.5. The molecule has 2 aromatic rings. The zero-order chi connectivity index (χ0) is 13.0. The van der Waals surface area contributed by atoms with E-state index in [4.69, 9.17) is 11.6 Å². The lowest BCUT2D eigenvalue weighted by molar-refractivity contribution is 0.866. The molecule has 0 N–H and O–H groups in total. The van der Waals surface area contributed by atoms with Crippen molar-refractivity contribution in [3.05, 3.63) is 64.7 Å². The summed E-state index contributed by atoms with van der Waals surface area (Å²) < 4.78 is 0. The van der Waals surface area contributed by atoms with Gasteiger partial charge in [0.2, 0.25) is 0 Å². The van der Waals surface area contributed by atoms with E-state index in [1.165, 1.54) is 5.56 Å². The van der Waals surface area contributed by atoms with Gasteiger partial charge in [-0.05, 0) is 29.2 Å². The Morgan fingerprint density at radius 1 is 1.00 bits per heavy atom. The van der Waals surface area contributed by atoms with Crippen LogP contribution in [0.25, 0.3) is 0 Å². The molecule has 0 amide bonds. The highest BCUT2D eigenvalue weighted by Crippen LogP contribution is 2.23. The molecule has 0 heterocycles. The first-order valence-corrected chi connectivity index (χ1v) is 6.43. The Balaban J connectivity index is 2.17. The predicted molar refractivity (Wildman–Crippen MR) is 79.2 cm³/mol. The monoisotopic (exact) mass is 257 g/mol. The van der Waals surface area contributed by atoms with Crippen molar-refractivity contribution >= 4 is 23.5 Å². The van der Waals surface area contributed by atoms with Crippen molar-refractivity contribution in [2.45, 2.75) is 19.8 Å². The quantitative estimate of drug-likeness (QED) is 0.669. The first-order valence-electron chi connectivity index (χ1n) is 6.05. The van der Waals surface area contributed by atoms with Crippen molar-refractivity contribution in [1.29, 1.82) is 0 Å². The van der Waals surface area contributed by atoms with Crippen LogP contribution < -0.4 is 0 Å². The number of hydrogen-bond acceptors (Lipinski definition) is 1. The zero-order valence-electron chi connectivity index (χ0n) is 10.6. The largest absolute Gasteiger partial charge is 0.255 e. The fourth-order valence-corrected chi connectivity index (χ4v) is 1.85. The third-order valence-corrected chi connectivity index (χ3v) is 3.13. The van der Waals surface area contributed by atoms with E-state index in [9.17, 15) is 0 Å². The molecule has 2 rings (SSSR count). The summed E-state index contributed by atoms with van der Waals surface area (Å²) in [7, 11) is 0. The molecule has 0 radical (unpaired) electrons. The third kappa shape index (κ3) is 3.21. The van der Waals surface area contributed by atoms with Crippen molar-refractivity contribution in [3.63, 3.8) is 0 Å². The van der Waals surface area contributed by atoms with E-state index in [-0.39, 0.29) is 0 Å². The smallest absolute Gasteiger partial charge is 0.0816 e. The Morgan fingerprint density at radius 2 is 1.67 bits per heavy atom. The van der Waals surface area contributed by atoms with Gasteiger partial charge in [0.05, 0.1) is 10.7 Å². The van der Waals surface area contributed by atoms with Crippen molar-refractivity contribution in [2.75, 3.05) is 0 Å². The lowest BCUT2D eigenvalue weighted by Gasteiger charge is -2.04. The summed E-state index contributed by atoms with van der Waals surface area (Å²) in [4.78, 5) is 4.39. The number of para-hydroxylation sites is 1. The van der Waals surface area contributed by atoms with Crippen LogP contribution in [0.5, 0.6) is 0 Å². The topological polar surface area (TPSA) is 12.4 Å². The van der Waals surface area contributed by atoms with E-state index in [1.807, 2.05) is 30.5 Å². The molecular formula is C16H16ClN. The molecule has 0 atom stereocenters.